The minimum Gasteiger partial charge on any atom is -0.491 e. The molecule has 0 spiro atoms. The lowest BCUT2D eigenvalue weighted by Gasteiger charge is -2.09. The van der Waals surface area contributed by atoms with Crippen LogP contribution < -0.4 is 10.5 Å². The van der Waals surface area contributed by atoms with Crippen LogP contribution in [0.5, 0.6) is 5.75 Å². The van der Waals surface area contributed by atoms with Crippen molar-refractivity contribution in [3.63, 3.8) is 0 Å². The maximum absolute atomic E-state index is 6.04. The van der Waals surface area contributed by atoms with E-state index < -0.39 is 0 Å². The van der Waals surface area contributed by atoms with E-state index in [1.165, 1.54) is 10.5 Å². The van der Waals surface area contributed by atoms with E-state index in [0.717, 1.165) is 11.4 Å². The Balaban J connectivity index is 1.84. The quantitative estimate of drug-likeness (QED) is 0.474. The van der Waals surface area contributed by atoms with E-state index >= 15 is 0 Å². The molecule has 0 bridgehead atoms. The molecule has 20 heavy (non-hydrogen) atoms. The summed E-state index contributed by atoms with van der Waals surface area (Å²) < 4.78 is 5.64. The lowest BCUT2D eigenvalue weighted by Crippen LogP contribution is -2.01. The van der Waals surface area contributed by atoms with Crippen LogP contribution in [-0.2, 0) is 0 Å². The van der Waals surface area contributed by atoms with E-state index in [1.807, 2.05) is 18.2 Å². The fourth-order valence-corrected chi connectivity index (χ4v) is 3.03. The zero-order valence-corrected chi connectivity index (χ0v) is 13.4. The number of rotatable bonds is 5. The number of nitrogen functional groups attached to an aromatic ring is 1. The minimum absolute atomic E-state index is 0.533. The van der Waals surface area contributed by atoms with E-state index in [9.17, 15) is 0 Å². The van der Waals surface area contributed by atoms with Crippen molar-refractivity contribution in [2.45, 2.75) is 11.8 Å². The molecule has 0 aliphatic rings. The molecule has 2 N–H and O–H groups in total. The van der Waals surface area contributed by atoms with Gasteiger partial charge in [0.15, 0.2) is 0 Å². The Labute approximate surface area is 133 Å². The Bertz CT molecular complexity index is 551. The van der Waals surface area contributed by atoms with Gasteiger partial charge in [0.25, 0.3) is 0 Å². The highest BCUT2D eigenvalue weighted by atomic mass is 35.5. The third-order valence-corrected chi connectivity index (χ3v) is 4.36. The van der Waals surface area contributed by atoms with Gasteiger partial charge in [-0.05, 0) is 48.9 Å². The van der Waals surface area contributed by atoms with E-state index in [-0.39, 0.29) is 0 Å². The highest BCUT2D eigenvalue weighted by Gasteiger charge is 2.03. The van der Waals surface area contributed by atoms with Crippen LogP contribution >= 0.6 is 35.0 Å². The van der Waals surface area contributed by atoms with E-state index in [4.69, 9.17) is 33.7 Å². The van der Waals surface area contributed by atoms with Gasteiger partial charge in [0.05, 0.1) is 11.6 Å². The molecule has 0 heterocycles. The molecule has 0 atom stereocenters. The van der Waals surface area contributed by atoms with Crippen molar-refractivity contribution in [3.05, 3.63) is 52.0 Å². The predicted molar refractivity (Wildman–Crippen MR) is 88.3 cm³/mol. The van der Waals surface area contributed by atoms with Crippen LogP contribution in [0.4, 0.5) is 5.69 Å². The van der Waals surface area contributed by atoms with Crippen LogP contribution in [0.3, 0.4) is 0 Å². The Kier molecular flexibility index (Phi) is 5.46. The molecule has 0 radical (unpaired) electrons. The summed E-state index contributed by atoms with van der Waals surface area (Å²) >= 11 is 13.6. The second-order valence-corrected chi connectivity index (χ2v) is 6.28. The van der Waals surface area contributed by atoms with Crippen LogP contribution in [0.2, 0.25) is 10.0 Å². The second-order valence-electron chi connectivity index (χ2n) is 4.30. The Morgan fingerprint density at radius 1 is 1.15 bits per heavy atom. The first kappa shape index (κ1) is 15.4. The molecule has 0 aromatic heterocycles. The van der Waals surface area contributed by atoms with Crippen LogP contribution in [0.1, 0.15) is 5.56 Å². The third kappa shape index (κ3) is 4.23. The number of nitrogens with two attached hydrogens (primary N) is 1. The number of anilines is 1. The summed E-state index contributed by atoms with van der Waals surface area (Å²) in [4.78, 5) is 1.21. The second kappa shape index (κ2) is 7.11. The van der Waals surface area contributed by atoms with Crippen molar-refractivity contribution >= 4 is 40.7 Å². The van der Waals surface area contributed by atoms with Gasteiger partial charge < -0.3 is 10.5 Å². The van der Waals surface area contributed by atoms with Gasteiger partial charge in [0, 0.05) is 21.4 Å². The summed E-state index contributed by atoms with van der Waals surface area (Å²) in [6.07, 6.45) is 0. The monoisotopic (exact) mass is 327 g/mol. The first-order valence-electron chi connectivity index (χ1n) is 6.13. The molecule has 2 rings (SSSR count). The number of ether oxygens (including phenoxy) is 1. The highest BCUT2D eigenvalue weighted by molar-refractivity contribution is 7.99. The van der Waals surface area contributed by atoms with Gasteiger partial charge in [-0.2, -0.15) is 0 Å². The number of hydrogen-bond acceptors (Lipinski definition) is 3. The van der Waals surface area contributed by atoms with Crippen molar-refractivity contribution in [2.24, 2.45) is 0 Å². The summed E-state index contributed by atoms with van der Waals surface area (Å²) in [7, 11) is 0. The molecule has 0 unspecified atom stereocenters. The zero-order valence-electron chi connectivity index (χ0n) is 11.0. The fourth-order valence-electron chi connectivity index (χ4n) is 1.73. The van der Waals surface area contributed by atoms with Gasteiger partial charge in [0.1, 0.15) is 5.75 Å². The van der Waals surface area contributed by atoms with Crippen molar-refractivity contribution in [2.75, 3.05) is 18.1 Å². The topological polar surface area (TPSA) is 35.2 Å². The van der Waals surface area contributed by atoms with Crippen LogP contribution in [0, 0.1) is 6.92 Å². The molecule has 2 aromatic rings. The average Bonchev–Trinajstić information content (AvgIpc) is 2.39. The summed E-state index contributed by atoms with van der Waals surface area (Å²) in [6, 6.07) is 11.1. The van der Waals surface area contributed by atoms with E-state index in [1.54, 1.807) is 30.0 Å². The van der Waals surface area contributed by atoms with Gasteiger partial charge in [-0.3, -0.25) is 0 Å². The lowest BCUT2D eigenvalue weighted by atomic mass is 10.2. The molecule has 0 saturated heterocycles. The van der Waals surface area contributed by atoms with Crippen LogP contribution in [0.15, 0.2) is 41.3 Å². The molecule has 2 nitrogen and oxygen atoms in total. The molecule has 0 amide bonds. The summed E-state index contributed by atoms with van der Waals surface area (Å²) in [6.45, 7) is 2.63. The normalized spacial score (nSPS) is 10.6. The maximum Gasteiger partial charge on any atom is 0.138 e. The molecule has 106 valence electrons. The van der Waals surface area contributed by atoms with Crippen molar-refractivity contribution in [1.82, 2.24) is 0 Å². The van der Waals surface area contributed by atoms with Gasteiger partial charge in [0.2, 0.25) is 0 Å². The number of halogens is 2. The van der Waals surface area contributed by atoms with E-state index in [2.05, 4.69) is 6.92 Å². The van der Waals surface area contributed by atoms with Crippen LogP contribution in [-0.4, -0.2) is 12.4 Å². The molecule has 5 heteroatoms. The third-order valence-electron chi connectivity index (χ3n) is 2.69. The van der Waals surface area contributed by atoms with E-state index in [0.29, 0.717) is 22.4 Å². The first-order chi connectivity index (χ1) is 9.56. The Morgan fingerprint density at radius 3 is 2.65 bits per heavy atom. The summed E-state index contributed by atoms with van der Waals surface area (Å²) in [5, 5.41) is 1.14. The van der Waals surface area contributed by atoms with Gasteiger partial charge in [-0.25, -0.2) is 0 Å². The largest absolute Gasteiger partial charge is 0.491 e. The SMILES string of the molecule is Cc1cc(N)ccc1SCCOc1ccc(Cl)cc1Cl. The standard InChI is InChI=1S/C15H15Cl2NOS/c1-10-8-12(18)3-5-15(10)20-7-6-19-14-4-2-11(16)9-13(14)17/h2-5,8-9H,6-7,18H2,1H3. The molecule has 0 aliphatic carbocycles. The summed E-state index contributed by atoms with van der Waals surface area (Å²) in [5.74, 6) is 1.50. The Morgan fingerprint density at radius 2 is 1.95 bits per heavy atom. The van der Waals surface area contributed by atoms with Crippen molar-refractivity contribution in [3.8, 4) is 5.75 Å². The average molecular weight is 328 g/mol. The number of hydrogen-bond donors (Lipinski definition) is 1. The van der Waals surface area contributed by atoms with Crippen molar-refractivity contribution in [1.29, 1.82) is 0 Å². The predicted octanol–water partition coefficient (Wildman–Crippen LogP) is 5.06. The molecular formula is C15H15Cl2NOS. The number of benzene rings is 2. The first-order valence-corrected chi connectivity index (χ1v) is 7.87. The van der Waals surface area contributed by atoms with Gasteiger partial charge in [-0.15, -0.1) is 11.8 Å². The lowest BCUT2D eigenvalue weighted by molar-refractivity contribution is 0.344. The maximum atomic E-state index is 6.04. The molecule has 0 aliphatic heterocycles. The summed E-state index contributed by atoms with van der Waals surface area (Å²) in [5.41, 5.74) is 7.70. The number of aryl methyl sites for hydroxylation is 1. The van der Waals surface area contributed by atoms with Gasteiger partial charge in [-0.1, -0.05) is 23.2 Å². The zero-order chi connectivity index (χ0) is 14.5. The number of thioether (sulfide) groups is 1. The molecule has 0 saturated carbocycles. The Hall–Kier alpha value is -1.03. The minimum atomic E-state index is 0.533. The highest BCUT2D eigenvalue weighted by Crippen LogP contribution is 2.28. The molecule has 0 fully saturated rings. The smallest absolute Gasteiger partial charge is 0.138 e. The van der Waals surface area contributed by atoms with Crippen molar-refractivity contribution < 1.29 is 4.74 Å². The van der Waals surface area contributed by atoms with Gasteiger partial charge >= 0.3 is 0 Å². The molecule has 2 aromatic carbocycles. The fraction of sp³-hybridized carbons (Fsp3) is 0.200. The van der Waals surface area contributed by atoms with Crippen LogP contribution in [0.25, 0.3) is 0 Å². The molecular weight excluding hydrogens is 313 g/mol.